The van der Waals surface area contributed by atoms with Crippen molar-refractivity contribution in [2.45, 2.75) is 13.0 Å². The highest BCUT2D eigenvalue weighted by Crippen LogP contribution is 2.19. The molecule has 0 saturated heterocycles. The predicted octanol–water partition coefficient (Wildman–Crippen LogP) is 1.62. The van der Waals surface area contributed by atoms with E-state index in [1.165, 1.54) is 10.9 Å². The normalized spacial score (nSPS) is 11.8. The Morgan fingerprint density at radius 2 is 2.14 bits per heavy atom. The van der Waals surface area contributed by atoms with E-state index < -0.39 is 11.9 Å². The summed E-state index contributed by atoms with van der Waals surface area (Å²) in [5.41, 5.74) is 0.614. The summed E-state index contributed by atoms with van der Waals surface area (Å²) in [6.07, 6.45) is 1.30. The molecule has 0 bridgehead atoms. The lowest BCUT2D eigenvalue weighted by atomic mass is 10.1. The van der Waals surface area contributed by atoms with Crippen LogP contribution in [0.3, 0.4) is 0 Å². The summed E-state index contributed by atoms with van der Waals surface area (Å²) < 4.78 is 6.44. The van der Waals surface area contributed by atoms with E-state index in [0.29, 0.717) is 5.75 Å². The van der Waals surface area contributed by atoms with E-state index in [1.807, 2.05) is 18.2 Å². The van der Waals surface area contributed by atoms with Crippen molar-refractivity contribution in [1.29, 1.82) is 0 Å². The number of benzene rings is 1. The van der Waals surface area contributed by atoms with Gasteiger partial charge in [-0.1, -0.05) is 12.1 Å². The van der Waals surface area contributed by atoms with Crippen LogP contribution in [-0.2, 0) is 7.05 Å². The van der Waals surface area contributed by atoms with E-state index in [-0.39, 0.29) is 17.3 Å². The van der Waals surface area contributed by atoms with Crippen LogP contribution >= 0.6 is 0 Å². The Kier molecular flexibility index (Phi) is 4.45. The SMILES string of the molecule is COc1cccc([C@H](C)NC(=O)c2nn(C)cc2C(=O)O)c1. The van der Waals surface area contributed by atoms with Crippen molar-refractivity contribution in [2.75, 3.05) is 7.11 Å². The lowest BCUT2D eigenvalue weighted by Gasteiger charge is -2.14. The summed E-state index contributed by atoms with van der Waals surface area (Å²) in [5.74, 6) is -1.04. The van der Waals surface area contributed by atoms with Gasteiger partial charge in [-0.3, -0.25) is 9.48 Å². The zero-order valence-corrected chi connectivity index (χ0v) is 12.5. The molecule has 0 fully saturated rings. The van der Waals surface area contributed by atoms with Crippen molar-refractivity contribution < 1.29 is 19.4 Å². The fourth-order valence-corrected chi connectivity index (χ4v) is 2.07. The lowest BCUT2D eigenvalue weighted by Crippen LogP contribution is -2.28. The summed E-state index contributed by atoms with van der Waals surface area (Å²) >= 11 is 0. The molecule has 2 rings (SSSR count). The Bertz CT molecular complexity index is 709. The smallest absolute Gasteiger partial charge is 0.339 e. The Hall–Kier alpha value is -2.83. The van der Waals surface area contributed by atoms with Crippen LogP contribution < -0.4 is 10.1 Å². The minimum absolute atomic E-state index is 0.107. The van der Waals surface area contributed by atoms with Crippen molar-refractivity contribution in [2.24, 2.45) is 7.05 Å². The molecule has 1 aromatic heterocycles. The molecule has 1 atom stereocenters. The van der Waals surface area contributed by atoms with Gasteiger partial charge < -0.3 is 15.2 Å². The second-order valence-corrected chi connectivity index (χ2v) is 4.84. The molecule has 0 saturated carbocycles. The fourth-order valence-electron chi connectivity index (χ4n) is 2.07. The number of ether oxygens (including phenoxy) is 1. The number of methoxy groups -OCH3 is 1. The molecule has 0 unspecified atom stereocenters. The molecule has 2 aromatic rings. The van der Waals surface area contributed by atoms with Crippen LogP contribution in [-0.4, -0.2) is 33.9 Å². The zero-order valence-electron chi connectivity index (χ0n) is 12.5. The summed E-state index contributed by atoms with van der Waals surface area (Å²) in [7, 11) is 3.13. The quantitative estimate of drug-likeness (QED) is 0.875. The zero-order chi connectivity index (χ0) is 16.3. The Balaban J connectivity index is 2.19. The van der Waals surface area contributed by atoms with Crippen molar-refractivity contribution in [3.8, 4) is 5.75 Å². The highest BCUT2D eigenvalue weighted by atomic mass is 16.5. The minimum atomic E-state index is -1.19. The van der Waals surface area contributed by atoms with Gasteiger partial charge in [-0.2, -0.15) is 5.10 Å². The number of carboxylic acids is 1. The number of nitrogens with zero attached hydrogens (tertiary/aromatic N) is 2. The predicted molar refractivity (Wildman–Crippen MR) is 79.0 cm³/mol. The Morgan fingerprint density at radius 1 is 1.41 bits per heavy atom. The van der Waals surface area contributed by atoms with Crippen LogP contribution in [0, 0.1) is 0 Å². The van der Waals surface area contributed by atoms with Crippen LogP contribution in [0.2, 0.25) is 0 Å². The monoisotopic (exact) mass is 303 g/mol. The first-order valence-corrected chi connectivity index (χ1v) is 6.64. The Labute approximate surface area is 127 Å². The molecule has 2 N–H and O–H groups in total. The Morgan fingerprint density at radius 3 is 2.77 bits per heavy atom. The van der Waals surface area contributed by atoms with Crippen LogP contribution in [0.1, 0.15) is 39.4 Å². The van der Waals surface area contributed by atoms with Gasteiger partial charge in [0.1, 0.15) is 11.3 Å². The lowest BCUT2D eigenvalue weighted by molar-refractivity contribution is 0.0690. The fraction of sp³-hybridized carbons (Fsp3) is 0.267. The van der Waals surface area contributed by atoms with E-state index in [0.717, 1.165) is 5.56 Å². The van der Waals surface area contributed by atoms with E-state index in [4.69, 9.17) is 9.84 Å². The number of rotatable bonds is 5. The van der Waals surface area contributed by atoms with Crippen LogP contribution in [0.4, 0.5) is 0 Å². The van der Waals surface area contributed by atoms with Gasteiger partial charge in [0.25, 0.3) is 5.91 Å². The van der Waals surface area contributed by atoms with Gasteiger partial charge in [-0.15, -0.1) is 0 Å². The molecule has 0 aliphatic heterocycles. The standard InChI is InChI=1S/C15H17N3O4/c1-9(10-5-4-6-11(7-10)22-3)16-14(19)13-12(15(20)21)8-18(2)17-13/h4-9H,1-3H3,(H,16,19)(H,20,21)/t9-/m0/s1. The summed E-state index contributed by atoms with van der Waals surface area (Å²) in [4.78, 5) is 23.4. The molecule has 7 nitrogen and oxygen atoms in total. The highest BCUT2D eigenvalue weighted by Gasteiger charge is 2.22. The number of carboxylic acid groups (broad SMARTS) is 1. The second-order valence-electron chi connectivity index (χ2n) is 4.84. The van der Waals surface area contributed by atoms with Crippen LogP contribution in [0.25, 0.3) is 0 Å². The number of carbonyl (C=O) groups excluding carboxylic acids is 1. The van der Waals surface area contributed by atoms with E-state index in [1.54, 1.807) is 27.1 Å². The molecular weight excluding hydrogens is 286 g/mol. The first kappa shape index (κ1) is 15.6. The third-order valence-electron chi connectivity index (χ3n) is 3.22. The molecule has 1 amide bonds. The molecule has 0 aliphatic carbocycles. The molecule has 116 valence electrons. The maximum absolute atomic E-state index is 12.2. The van der Waals surface area contributed by atoms with Gasteiger partial charge in [0.05, 0.1) is 13.2 Å². The summed E-state index contributed by atoms with van der Waals surface area (Å²) in [6.45, 7) is 1.80. The van der Waals surface area contributed by atoms with Gasteiger partial charge in [0.2, 0.25) is 0 Å². The number of amides is 1. The number of aromatic nitrogens is 2. The average Bonchev–Trinajstić information content (AvgIpc) is 2.89. The van der Waals surface area contributed by atoms with Crippen molar-refractivity contribution in [3.63, 3.8) is 0 Å². The first-order valence-electron chi connectivity index (χ1n) is 6.64. The molecule has 1 heterocycles. The maximum atomic E-state index is 12.2. The number of hydrogen-bond acceptors (Lipinski definition) is 4. The first-order chi connectivity index (χ1) is 10.4. The van der Waals surface area contributed by atoms with Crippen LogP contribution in [0.15, 0.2) is 30.5 Å². The number of hydrogen-bond donors (Lipinski definition) is 2. The number of aromatic carboxylic acids is 1. The van der Waals surface area contributed by atoms with Crippen LogP contribution in [0.5, 0.6) is 5.75 Å². The number of nitrogens with one attached hydrogen (secondary N) is 1. The van der Waals surface area contributed by atoms with Gasteiger partial charge in [-0.25, -0.2) is 4.79 Å². The molecule has 0 spiro atoms. The van der Waals surface area contributed by atoms with Gasteiger partial charge in [-0.05, 0) is 24.6 Å². The summed E-state index contributed by atoms with van der Waals surface area (Å²) in [5, 5.41) is 15.7. The number of carbonyl (C=O) groups is 2. The molecular formula is C15H17N3O4. The second kappa shape index (κ2) is 6.30. The highest BCUT2D eigenvalue weighted by molar-refractivity contribution is 6.03. The largest absolute Gasteiger partial charge is 0.497 e. The van der Waals surface area contributed by atoms with E-state index in [9.17, 15) is 9.59 Å². The third kappa shape index (κ3) is 3.25. The molecule has 7 heteroatoms. The summed E-state index contributed by atoms with van der Waals surface area (Å²) in [6, 6.07) is 6.97. The molecule has 22 heavy (non-hydrogen) atoms. The van der Waals surface area contributed by atoms with Crippen molar-refractivity contribution in [1.82, 2.24) is 15.1 Å². The molecule has 1 aromatic carbocycles. The molecule has 0 radical (unpaired) electrons. The van der Waals surface area contributed by atoms with Gasteiger partial charge in [0, 0.05) is 13.2 Å². The van der Waals surface area contributed by atoms with Crippen molar-refractivity contribution in [3.05, 3.63) is 47.3 Å². The maximum Gasteiger partial charge on any atom is 0.339 e. The number of aryl methyl sites for hydroxylation is 1. The topological polar surface area (TPSA) is 93.5 Å². The van der Waals surface area contributed by atoms with Gasteiger partial charge in [0.15, 0.2) is 5.69 Å². The van der Waals surface area contributed by atoms with Crippen molar-refractivity contribution >= 4 is 11.9 Å². The average molecular weight is 303 g/mol. The van der Waals surface area contributed by atoms with E-state index >= 15 is 0 Å². The van der Waals surface area contributed by atoms with E-state index in [2.05, 4.69) is 10.4 Å². The molecule has 0 aliphatic rings. The van der Waals surface area contributed by atoms with Gasteiger partial charge >= 0.3 is 5.97 Å². The third-order valence-corrected chi connectivity index (χ3v) is 3.22. The minimum Gasteiger partial charge on any atom is -0.497 e.